The minimum absolute atomic E-state index is 0.0395. The van der Waals surface area contributed by atoms with E-state index in [1.54, 1.807) is 19.9 Å². The molecule has 1 fully saturated rings. The van der Waals surface area contributed by atoms with E-state index in [1.165, 1.54) is 19.2 Å². The standard InChI is InChI=1S/C17H17FN2O5/c1-17(2)24-10-14(21)15(25-17)7-16(22)20(23-3)9-11-4-5-13(18)12(6-11)8-19/h4-7H,9-10H2,1-3H3/b15-7-. The van der Waals surface area contributed by atoms with Gasteiger partial charge in [-0.2, -0.15) is 5.26 Å². The number of nitrogens with zero attached hydrogens (tertiary/aromatic N) is 2. The summed E-state index contributed by atoms with van der Waals surface area (Å²) in [5.74, 6) is -2.88. The van der Waals surface area contributed by atoms with Crippen molar-refractivity contribution in [1.82, 2.24) is 5.06 Å². The average molecular weight is 348 g/mol. The van der Waals surface area contributed by atoms with Crippen LogP contribution in [0.15, 0.2) is 30.0 Å². The van der Waals surface area contributed by atoms with E-state index < -0.39 is 23.3 Å². The molecule has 25 heavy (non-hydrogen) atoms. The molecule has 0 bridgehead atoms. The molecular formula is C17H17FN2O5. The molecular weight excluding hydrogens is 331 g/mol. The molecule has 1 aliphatic heterocycles. The lowest BCUT2D eigenvalue weighted by Crippen LogP contribution is -2.39. The van der Waals surface area contributed by atoms with Gasteiger partial charge in [-0.3, -0.25) is 14.4 Å². The fourth-order valence-electron chi connectivity index (χ4n) is 2.11. The zero-order chi connectivity index (χ0) is 18.6. The summed E-state index contributed by atoms with van der Waals surface area (Å²) in [5, 5.41) is 9.82. The first-order valence-electron chi connectivity index (χ1n) is 7.38. The average Bonchev–Trinajstić information content (AvgIpc) is 2.57. The first-order valence-corrected chi connectivity index (χ1v) is 7.38. The molecule has 0 atom stereocenters. The van der Waals surface area contributed by atoms with Gasteiger partial charge in [0, 0.05) is 13.8 Å². The van der Waals surface area contributed by atoms with Crippen molar-refractivity contribution in [3.63, 3.8) is 0 Å². The Labute approximate surface area is 144 Å². The van der Waals surface area contributed by atoms with Gasteiger partial charge in [0.25, 0.3) is 5.91 Å². The summed E-state index contributed by atoms with van der Waals surface area (Å²) < 4.78 is 23.9. The topological polar surface area (TPSA) is 88.9 Å². The molecule has 1 aromatic rings. The molecule has 0 saturated carbocycles. The van der Waals surface area contributed by atoms with Crippen molar-refractivity contribution in [2.24, 2.45) is 0 Å². The van der Waals surface area contributed by atoms with Crippen LogP contribution in [0.2, 0.25) is 0 Å². The molecule has 7 nitrogen and oxygen atoms in total. The number of ketones is 1. The molecule has 0 aliphatic carbocycles. The van der Waals surface area contributed by atoms with Gasteiger partial charge >= 0.3 is 0 Å². The van der Waals surface area contributed by atoms with Gasteiger partial charge in [-0.05, 0) is 17.7 Å². The number of hydrogen-bond donors (Lipinski definition) is 0. The Morgan fingerprint density at radius 3 is 2.88 bits per heavy atom. The van der Waals surface area contributed by atoms with Gasteiger partial charge < -0.3 is 9.47 Å². The van der Waals surface area contributed by atoms with E-state index in [9.17, 15) is 14.0 Å². The molecule has 1 aliphatic rings. The second-order valence-corrected chi connectivity index (χ2v) is 5.71. The Kier molecular flexibility index (Phi) is 5.51. The number of rotatable bonds is 4. The second-order valence-electron chi connectivity index (χ2n) is 5.71. The zero-order valence-electron chi connectivity index (χ0n) is 14.0. The number of hydrogen-bond acceptors (Lipinski definition) is 6. The van der Waals surface area contributed by atoms with Crippen LogP contribution in [0.4, 0.5) is 4.39 Å². The number of hydroxylamine groups is 2. The lowest BCUT2D eigenvalue weighted by molar-refractivity contribution is -0.214. The van der Waals surface area contributed by atoms with Gasteiger partial charge in [0.2, 0.25) is 11.6 Å². The van der Waals surface area contributed by atoms with Crippen molar-refractivity contribution in [2.75, 3.05) is 13.7 Å². The number of Topliss-reactive ketones (excluding diaryl/α,β-unsaturated/α-hetero) is 1. The fourth-order valence-corrected chi connectivity index (χ4v) is 2.11. The highest BCUT2D eigenvalue weighted by molar-refractivity contribution is 6.01. The second kappa shape index (κ2) is 7.42. The van der Waals surface area contributed by atoms with Crippen LogP contribution in [0, 0.1) is 17.1 Å². The number of benzene rings is 1. The molecule has 0 unspecified atom stereocenters. The summed E-state index contributed by atoms with van der Waals surface area (Å²) in [4.78, 5) is 29.2. The van der Waals surface area contributed by atoms with Gasteiger partial charge in [0.15, 0.2) is 5.76 Å². The van der Waals surface area contributed by atoms with Gasteiger partial charge in [-0.15, -0.1) is 0 Å². The maximum Gasteiger partial charge on any atom is 0.274 e. The molecule has 2 rings (SSSR count). The molecule has 1 heterocycles. The number of carbonyl (C=O) groups is 2. The zero-order valence-corrected chi connectivity index (χ0v) is 14.0. The molecule has 8 heteroatoms. The van der Waals surface area contributed by atoms with Crippen LogP contribution in [0.5, 0.6) is 0 Å². The van der Waals surface area contributed by atoms with E-state index >= 15 is 0 Å². The summed E-state index contributed by atoms with van der Waals surface area (Å²) >= 11 is 0. The molecule has 0 N–H and O–H groups in total. The Morgan fingerprint density at radius 2 is 2.24 bits per heavy atom. The smallest absolute Gasteiger partial charge is 0.274 e. The molecule has 1 aromatic carbocycles. The first-order chi connectivity index (χ1) is 11.8. The van der Waals surface area contributed by atoms with Gasteiger partial charge in [-0.25, -0.2) is 9.45 Å². The van der Waals surface area contributed by atoms with Crippen molar-refractivity contribution in [1.29, 1.82) is 5.26 Å². The van der Waals surface area contributed by atoms with Gasteiger partial charge in [0.05, 0.1) is 25.3 Å². The lowest BCUT2D eigenvalue weighted by Gasteiger charge is -2.31. The Morgan fingerprint density at radius 1 is 1.52 bits per heavy atom. The largest absolute Gasteiger partial charge is 0.459 e. The normalized spacial score (nSPS) is 17.7. The van der Waals surface area contributed by atoms with Gasteiger partial charge in [0.1, 0.15) is 18.5 Å². The van der Waals surface area contributed by atoms with Crippen molar-refractivity contribution in [3.8, 4) is 6.07 Å². The Hall–Kier alpha value is -2.76. The van der Waals surface area contributed by atoms with Crippen LogP contribution in [-0.4, -0.2) is 36.3 Å². The summed E-state index contributed by atoms with van der Waals surface area (Å²) in [6, 6.07) is 5.62. The quantitative estimate of drug-likeness (QED) is 0.609. The highest BCUT2D eigenvalue weighted by atomic mass is 19.1. The lowest BCUT2D eigenvalue weighted by atomic mass is 10.1. The Balaban J connectivity index is 2.17. The maximum absolute atomic E-state index is 13.4. The first kappa shape index (κ1) is 18.6. The highest BCUT2D eigenvalue weighted by Gasteiger charge is 2.32. The van der Waals surface area contributed by atoms with E-state index in [4.69, 9.17) is 19.6 Å². The fraction of sp³-hybridized carbons (Fsp3) is 0.353. The molecule has 0 radical (unpaired) electrons. The van der Waals surface area contributed by atoms with Crippen molar-refractivity contribution in [3.05, 3.63) is 47.0 Å². The van der Waals surface area contributed by atoms with Crippen LogP contribution >= 0.6 is 0 Å². The van der Waals surface area contributed by atoms with E-state index in [-0.39, 0.29) is 24.5 Å². The Bertz CT molecular complexity index is 767. The van der Waals surface area contributed by atoms with Crippen LogP contribution in [0.1, 0.15) is 25.0 Å². The monoisotopic (exact) mass is 348 g/mol. The molecule has 0 spiro atoms. The van der Waals surface area contributed by atoms with E-state index in [1.807, 2.05) is 0 Å². The van der Waals surface area contributed by atoms with Crippen LogP contribution in [0.3, 0.4) is 0 Å². The minimum atomic E-state index is -1.02. The van der Waals surface area contributed by atoms with Crippen molar-refractivity contribution in [2.45, 2.75) is 26.2 Å². The minimum Gasteiger partial charge on any atom is -0.459 e. The third kappa shape index (κ3) is 4.62. The number of nitriles is 1. The number of halogens is 1. The van der Waals surface area contributed by atoms with E-state index in [0.717, 1.165) is 17.2 Å². The van der Waals surface area contributed by atoms with Crippen LogP contribution < -0.4 is 0 Å². The van der Waals surface area contributed by atoms with E-state index in [2.05, 4.69) is 0 Å². The summed E-state index contributed by atoms with van der Waals surface area (Å²) in [6.07, 6.45) is 1.02. The summed E-state index contributed by atoms with van der Waals surface area (Å²) in [7, 11) is 1.28. The molecule has 1 saturated heterocycles. The summed E-state index contributed by atoms with van der Waals surface area (Å²) in [5.41, 5.74) is 0.357. The number of ether oxygens (including phenoxy) is 2. The molecule has 1 amide bonds. The van der Waals surface area contributed by atoms with Crippen LogP contribution in [0.25, 0.3) is 0 Å². The molecule has 132 valence electrons. The number of carbonyl (C=O) groups excluding carboxylic acids is 2. The van der Waals surface area contributed by atoms with E-state index in [0.29, 0.717) is 5.56 Å². The highest BCUT2D eigenvalue weighted by Crippen LogP contribution is 2.23. The predicted octanol–water partition coefficient (Wildman–Crippen LogP) is 1.82. The third-order valence-electron chi connectivity index (χ3n) is 3.38. The van der Waals surface area contributed by atoms with Gasteiger partial charge in [-0.1, -0.05) is 6.07 Å². The summed E-state index contributed by atoms with van der Waals surface area (Å²) in [6.45, 7) is 3.01. The van der Waals surface area contributed by atoms with Crippen molar-refractivity contribution < 1.29 is 28.3 Å². The van der Waals surface area contributed by atoms with Crippen molar-refractivity contribution >= 4 is 11.7 Å². The third-order valence-corrected chi connectivity index (χ3v) is 3.38. The molecule has 0 aromatic heterocycles. The maximum atomic E-state index is 13.4. The number of amides is 1. The predicted molar refractivity (Wildman–Crippen MR) is 82.9 cm³/mol. The SMILES string of the molecule is CON(Cc1ccc(F)c(C#N)c1)C(=O)/C=C1\OC(C)(C)OCC1=O. The van der Waals surface area contributed by atoms with Crippen LogP contribution in [-0.2, 0) is 30.4 Å².